The predicted molar refractivity (Wildman–Crippen MR) is 63.5 cm³/mol. The highest BCUT2D eigenvalue weighted by atomic mass is 19.1. The van der Waals surface area contributed by atoms with Gasteiger partial charge in [0.05, 0.1) is 12.7 Å². The van der Waals surface area contributed by atoms with Gasteiger partial charge in [-0.25, -0.2) is 4.39 Å². The van der Waals surface area contributed by atoms with Crippen molar-refractivity contribution in [3.05, 3.63) is 29.6 Å². The molecule has 0 aliphatic carbocycles. The number of benzene rings is 1. The molecular weight excluding hydrogens is 221 g/mol. The van der Waals surface area contributed by atoms with E-state index in [4.69, 9.17) is 4.74 Å². The molecular formula is C13H18FNO2. The molecule has 2 rings (SSSR count). The Labute approximate surface area is 101 Å². The van der Waals surface area contributed by atoms with Crippen LogP contribution in [0, 0.1) is 11.7 Å². The smallest absolute Gasteiger partial charge is 0.171 e. The van der Waals surface area contributed by atoms with Gasteiger partial charge >= 0.3 is 0 Å². The van der Waals surface area contributed by atoms with Crippen molar-refractivity contribution in [2.45, 2.75) is 18.9 Å². The summed E-state index contributed by atoms with van der Waals surface area (Å²) in [5.41, 5.74) is -0.769. The van der Waals surface area contributed by atoms with E-state index in [9.17, 15) is 9.50 Å². The Morgan fingerprint density at radius 2 is 2.29 bits per heavy atom. The van der Waals surface area contributed by atoms with Crippen LogP contribution in [-0.2, 0) is 5.60 Å². The van der Waals surface area contributed by atoms with E-state index >= 15 is 0 Å². The molecule has 1 heterocycles. The van der Waals surface area contributed by atoms with Crippen molar-refractivity contribution in [3.8, 4) is 5.75 Å². The maximum absolute atomic E-state index is 14.2. The van der Waals surface area contributed by atoms with Gasteiger partial charge in [-0.15, -0.1) is 0 Å². The molecule has 3 nitrogen and oxygen atoms in total. The third-order valence-corrected chi connectivity index (χ3v) is 3.60. The van der Waals surface area contributed by atoms with Crippen LogP contribution in [0.4, 0.5) is 4.39 Å². The molecule has 0 spiro atoms. The van der Waals surface area contributed by atoms with Gasteiger partial charge in [0.15, 0.2) is 11.6 Å². The van der Waals surface area contributed by atoms with E-state index in [2.05, 4.69) is 5.32 Å². The fourth-order valence-corrected chi connectivity index (χ4v) is 2.42. The Balaban J connectivity index is 2.44. The number of halogens is 1. The van der Waals surface area contributed by atoms with Crippen LogP contribution in [-0.4, -0.2) is 25.3 Å². The first-order chi connectivity index (χ1) is 8.09. The zero-order valence-corrected chi connectivity index (χ0v) is 10.2. The average Bonchev–Trinajstić information content (AvgIpc) is 2.33. The van der Waals surface area contributed by atoms with Crippen LogP contribution in [0.25, 0.3) is 0 Å². The van der Waals surface area contributed by atoms with Crippen LogP contribution >= 0.6 is 0 Å². The van der Waals surface area contributed by atoms with E-state index < -0.39 is 11.4 Å². The monoisotopic (exact) mass is 239 g/mol. The molecule has 2 unspecified atom stereocenters. The summed E-state index contributed by atoms with van der Waals surface area (Å²) in [6, 6.07) is 4.91. The summed E-state index contributed by atoms with van der Waals surface area (Å²) in [4.78, 5) is 0. The Bertz CT molecular complexity index is 410. The van der Waals surface area contributed by atoms with Crippen molar-refractivity contribution >= 4 is 0 Å². The molecule has 0 saturated carbocycles. The van der Waals surface area contributed by atoms with Gasteiger partial charge < -0.3 is 15.2 Å². The topological polar surface area (TPSA) is 41.5 Å². The third-order valence-electron chi connectivity index (χ3n) is 3.60. The lowest BCUT2D eigenvalue weighted by Gasteiger charge is -2.39. The lowest BCUT2D eigenvalue weighted by atomic mass is 9.77. The highest BCUT2D eigenvalue weighted by Crippen LogP contribution is 2.38. The molecule has 0 amide bonds. The number of hydrogen-bond acceptors (Lipinski definition) is 3. The molecule has 0 bridgehead atoms. The Kier molecular flexibility index (Phi) is 3.35. The minimum atomic E-state index is -1.11. The predicted octanol–water partition coefficient (Wildman–Crippen LogP) is 1.65. The molecule has 1 saturated heterocycles. The van der Waals surface area contributed by atoms with E-state index in [1.165, 1.54) is 7.11 Å². The molecule has 0 radical (unpaired) electrons. The number of piperidine rings is 1. The maximum Gasteiger partial charge on any atom is 0.171 e. The number of rotatable bonds is 2. The Morgan fingerprint density at radius 3 is 2.94 bits per heavy atom. The van der Waals surface area contributed by atoms with Crippen molar-refractivity contribution in [3.63, 3.8) is 0 Å². The fourth-order valence-electron chi connectivity index (χ4n) is 2.42. The average molecular weight is 239 g/mol. The van der Waals surface area contributed by atoms with E-state index in [0.717, 1.165) is 0 Å². The molecule has 1 fully saturated rings. The van der Waals surface area contributed by atoms with Crippen LogP contribution in [0.5, 0.6) is 5.75 Å². The quantitative estimate of drug-likeness (QED) is 0.824. The largest absolute Gasteiger partial charge is 0.494 e. The second kappa shape index (κ2) is 4.63. The zero-order chi connectivity index (χ0) is 12.5. The SMILES string of the molecule is COc1cccc(C2(O)CCNCC2C)c1F. The summed E-state index contributed by atoms with van der Waals surface area (Å²) in [6.07, 6.45) is 0.512. The van der Waals surface area contributed by atoms with E-state index in [-0.39, 0.29) is 11.7 Å². The normalized spacial score (nSPS) is 29.1. The van der Waals surface area contributed by atoms with Gasteiger partial charge in [-0.3, -0.25) is 0 Å². The molecule has 4 heteroatoms. The number of methoxy groups -OCH3 is 1. The third kappa shape index (κ3) is 2.03. The highest BCUT2D eigenvalue weighted by Gasteiger charge is 2.40. The summed E-state index contributed by atoms with van der Waals surface area (Å²) in [5.74, 6) is -0.300. The molecule has 1 aromatic rings. The van der Waals surface area contributed by atoms with Crippen LogP contribution in [0.15, 0.2) is 18.2 Å². The number of hydrogen-bond donors (Lipinski definition) is 2. The van der Waals surface area contributed by atoms with Crippen LogP contribution in [0.2, 0.25) is 0 Å². The number of nitrogens with one attached hydrogen (secondary N) is 1. The van der Waals surface area contributed by atoms with Crippen molar-refractivity contribution in [1.82, 2.24) is 5.32 Å². The van der Waals surface area contributed by atoms with Crippen LogP contribution in [0.1, 0.15) is 18.9 Å². The lowest BCUT2D eigenvalue weighted by molar-refractivity contribution is -0.0422. The van der Waals surface area contributed by atoms with Crippen molar-refractivity contribution in [2.75, 3.05) is 20.2 Å². The van der Waals surface area contributed by atoms with E-state index in [1.54, 1.807) is 18.2 Å². The first-order valence-corrected chi connectivity index (χ1v) is 5.85. The van der Waals surface area contributed by atoms with Gasteiger partial charge in [0.1, 0.15) is 0 Å². The molecule has 2 atom stereocenters. The molecule has 1 aliphatic heterocycles. The second-order valence-electron chi connectivity index (χ2n) is 4.60. The molecule has 0 aromatic heterocycles. The molecule has 17 heavy (non-hydrogen) atoms. The fraction of sp³-hybridized carbons (Fsp3) is 0.538. The van der Waals surface area contributed by atoms with Gasteiger partial charge in [-0.1, -0.05) is 19.1 Å². The van der Waals surface area contributed by atoms with E-state index in [1.807, 2.05) is 6.92 Å². The van der Waals surface area contributed by atoms with Crippen LogP contribution in [0.3, 0.4) is 0 Å². The minimum Gasteiger partial charge on any atom is -0.494 e. The van der Waals surface area contributed by atoms with Crippen molar-refractivity contribution in [1.29, 1.82) is 0 Å². The Morgan fingerprint density at radius 1 is 1.53 bits per heavy atom. The first-order valence-electron chi connectivity index (χ1n) is 5.85. The molecule has 1 aromatic carbocycles. The highest BCUT2D eigenvalue weighted by molar-refractivity contribution is 5.35. The summed E-state index contributed by atoms with van der Waals surface area (Å²) in [6.45, 7) is 3.30. The minimum absolute atomic E-state index is 0.0298. The van der Waals surface area contributed by atoms with Crippen molar-refractivity contribution in [2.24, 2.45) is 5.92 Å². The molecule has 94 valence electrons. The van der Waals surface area contributed by atoms with Gasteiger partial charge in [0.25, 0.3) is 0 Å². The zero-order valence-electron chi connectivity index (χ0n) is 10.2. The summed E-state index contributed by atoms with van der Waals surface area (Å²) < 4.78 is 19.1. The van der Waals surface area contributed by atoms with Gasteiger partial charge in [0.2, 0.25) is 0 Å². The summed E-state index contributed by atoms with van der Waals surface area (Å²) >= 11 is 0. The number of aliphatic hydroxyl groups is 1. The second-order valence-corrected chi connectivity index (χ2v) is 4.60. The van der Waals surface area contributed by atoms with Gasteiger partial charge in [-0.2, -0.15) is 0 Å². The van der Waals surface area contributed by atoms with Crippen LogP contribution < -0.4 is 10.1 Å². The summed E-state index contributed by atoms with van der Waals surface area (Å²) in [7, 11) is 1.43. The molecule has 1 aliphatic rings. The standard InChI is InChI=1S/C13H18FNO2/c1-9-8-15-7-6-13(9,16)10-4-3-5-11(17-2)12(10)14/h3-5,9,15-16H,6-8H2,1-2H3. The lowest BCUT2D eigenvalue weighted by Crippen LogP contribution is -2.47. The summed E-state index contributed by atoms with van der Waals surface area (Å²) in [5, 5.41) is 13.9. The maximum atomic E-state index is 14.2. The van der Waals surface area contributed by atoms with Gasteiger partial charge in [-0.05, 0) is 19.0 Å². The van der Waals surface area contributed by atoms with Gasteiger partial charge in [0, 0.05) is 18.0 Å². The van der Waals surface area contributed by atoms with Crippen molar-refractivity contribution < 1.29 is 14.2 Å². The first kappa shape index (κ1) is 12.3. The Hall–Kier alpha value is -1.13. The number of ether oxygens (including phenoxy) is 1. The molecule has 2 N–H and O–H groups in total. The van der Waals surface area contributed by atoms with E-state index in [0.29, 0.717) is 25.1 Å².